The van der Waals surface area contributed by atoms with Crippen molar-refractivity contribution in [3.05, 3.63) is 124 Å². The highest BCUT2D eigenvalue weighted by Crippen LogP contribution is 2.22. The lowest BCUT2D eigenvalue weighted by Crippen LogP contribution is -2.57. The number of alkyl carbamates (subject to hydrolysis) is 2. The first-order valence-corrected chi connectivity index (χ1v) is 25.1. The summed E-state index contributed by atoms with van der Waals surface area (Å²) in [5.74, 6) is -0.885. The summed E-state index contributed by atoms with van der Waals surface area (Å²) in [6.07, 6.45) is -0.503. The first kappa shape index (κ1) is 55.6. The van der Waals surface area contributed by atoms with Gasteiger partial charge in [0.05, 0.1) is 19.1 Å². The standard InChI is InChI=1S/C49H64N8O11S2/c1-32-26-33(2)43(34(3)27-32)70(63,64)57-47(51)52-25-11-15-40(44(50)58)54-46(60)42(31-69-30-37-18-22-39(66-5)23-19-37)55-45(59)41(56-49(62)68-29-36-16-20-38(65-4)21-17-36)14-9-10-24-53-48(61)67-28-35-12-7-6-8-13-35/h6-8,12-13,16-23,26-27,40-42H,9-11,14-15,24-25,28-31H2,1-5H3,(H2,50,58)(H,53,61)(H,54,60)(H,55,59)(H,56,62)(H3,51,52,57)/t40-,41-,42-/m0/s1. The summed E-state index contributed by atoms with van der Waals surface area (Å²) in [7, 11) is -0.965. The molecule has 0 spiro atoms. The molecule has 0 aliphatic heterocycles. The normalized spacial score (nSPS) is 12.6. The van der Waals surface area contributed by atoms with Gasteiger partial charge in [0.25, 0.3) is 10.0 Å². The minimum Gasteiger partial charge on any atom is -0.497 e. The van der Waals surface area contributed by atoms with Gasteiger partial charge in [0.2, 0.25) is 23.7 Å². The van der Waals surface area contributed by atoms with Crippen molar-refractivity contribution in [1.82, 2.24) is 26.0 Å². The molecule has 0 fully saturated rings. The molecule has 0 heterocycles. The topological polar surface area (TPSA) is 281 Å². The third-order valence-corrected chi connectivity index (χ3v) is 13.4. The molecule has 9 N–H and O–H groups in total. The highest BCUT2D eigenvalue weighted by Gasteiger charge is 2.30. The molecule has 21 heteroatoms. The summed E-state index contributed by atoms with van der Waals surface area (Å²) in [6, 6.07) is 23.3. The minimum atomic E-state index is -4.05. The van der Waals surface area contributed by atoms with Gasteiger partial charge in [0.15, 0.2) is 0 Å². The number of aryl methyl sites for hydroxylation is 3. The fraction of sp³-hybridized carbons (Fsp3) is 0.388. The van der Waals surface area contributed by atoms with Gasteiger partial charge in [0, 0.05) is 24.6 Å². The number of aliphatic imine (C=N–C) groups is 1. The number of nitrogens with two attached hydrogens (primary N) is 2. The highest BCUT2D eigenvalue weighted by molar-refractivity contribution is 7.98. The Balaban J connectivity index is 1.43. The molecular weight excluding hydrogens is 941 g/mol. The average molecular weight is 1010 g/mol. The van der Waals surface area contributed by atoms with Gasteiger partial charge in [-0.25, -0.2) is 22.7 Å². The van der Waals surface area contributed by atoms with Gasteiger partial charge in [-0.15, -0.1) is 0 Å². The molecular formula is C49H64N8O11S2. The number of ether oxygens (including phenoxy) is 4. The molecule has 4 aromatic carbocycles. The van der Waals surface area contributed by atoms with Gasteiger partial charge in [-0.3, -0.25) is 19.4 Å². The lowest BCUT2D eigenvalue weighted by molar-refractivity contribution is -0.131. The molecule has 0 aromatic heterocycles. The van der Waals surface area contributed by atoms with Gasteiger partial charge in [-0.1, -0.05) is 72.3 Å². The molecule has 4 rings (SSSR count). The van der Waals surface area contributed by atoms with E-state index in [0.717, 1.165) is 16.7 Å². The van der Waals surface area contributed by atoms with E-state index in [1.165, 1.54) is 18.9 Å². The number of primary amides is 1. The van der Waals surface area contributed by atoms with Crippen LogP contribution in [0.15, 0.2) is 101 Å². The lowest BCUT2D eigenvalue weighted by Gasteiger charge is -2.25. The smallest absolute Gasteiger partial charge is 0.408 e. The number of nitrogens with one attached hydrogen (secondary N) is 5. The molecule has 5 amide bonds. The van der Waals surface area contributed by atoms with Gasteiger partial charge in [0.1, 0.15) is 42.8 Å². The van der Waals surface area contributed by atoms with Crippen LogP contribution in [0.1, 0.15) is 65.5 Å². The van der Waals surface area contributed by atoms with Crippen LogP contribution in [0.3, 0.4) is 0 Å². The second-order valence-corrected chi connectivity index (χ2v) is 18.9. The van der Waals surface area contributed by atoms with Crippen LogP contribution in [0, 0.1) is 20.8 Å². The summed E-state index contributed by atoms with van der Waals surface area (Å²) in [6.45, 7) is 5.41. The van der Waals surface area contributed by atoms with E-state index >= 15 is 0 Å². The predicted octanol–water partition coefficient (Wildman–Crippen LogP) is 4.78. The third kappa shape index (κ3) is 19.2. The first-order chi connectivity index (χ1) is 33.5. The van der Waals surface area contributed by atoms with Crippen molar-refractivity contribution in [1.29, 1.82) is 0 Å². The molecule has 70 heavy (non-hydrogen) atoms. The Hall–Kier alpha value is -7.00. The summed E-state index contributed by atoms with van der Waals surface area (Å²) in [5.41, 5.74) is 16.1. The molecule has 0 saturated carbocycles. The first-order valence-electron chi connectivity index (χ1n) is 22.5. The van der Waals surface area contributed by atoms with Crippen LogP contribution in [-0.2, 0) is 52.8 Å². The number of amides is 5. The van der Waals surface area contributed by atoms with Crippen molar-refractivity contribution in [3.8, 4) is 11.5 Å². The van der Waals surface area contributed by atoms with Crippen molar-refractivity contribution >= 4 is 57.7 Å². The van der Waals surface area contributed by atoms with Gasteiger partial charge < -0.3 is 51.7 Å². The van der Waals surface area contributed by atoms with E-state index in [9.17, 15) is 32.4 Å². The van der Waals surface area contributed by atoms with E-state index in [2.05, 4.69) is 31.0 Å². The van der Waals surface area contributed by atoms with Crippen molar-refractivity contribution in [2.75, 3.05) is 33.1 Å². The summed E-state index contributed by atoms with van der Waals surface area (Å²) < 4.78 is 49.8. The SMILES string of the molecule is COc1ccc(COC(=O)N[C@@H](CCCCNC(=O)OCc2ccccc2)C(=O)N[C@@H](CSCc2ccc(OC)cc2)C(=O)N[C@@H](CCCN=C(N)NS(=O)(=O)c2c(C)cc(C)cc2C)C(N)=O)cc1. The van der Waals surface area contributed by atoms with E-state index in [1.54, 1.807) is 69.5 Å². The molecule has 0 aliphatic rings. The zero-order chi connectivity index (χ0) is 51.1. The number of rotatable bonds is 27. The molecule has 0 unspecified atom stereocenters. The lowest BCUT2D eigenvalue weighted by atomic mass is 10.1. The number of methoxy groups -OCH3 is 2. The van der Waals surface area contributed by atoms with Crippen molar-refractivity contribution in [2.24, 2.45) is 16.5 Å². The van der Waals surface area contributed by atoms with Crippen LogP contribution in [-0.4, -0.2) is 95.5 Å². The number of benzene rings is 4. The number of hydrogen-bond donors (Lipinski definition) is 7. The molecule has 0 radical (unpaired) electrons. The Labute approximate surface area is 413 Å². The van der Waals surface area contributed by atoms with E-state index in [1.807, 2.05) is 49.4 Å². The number of sulfonamides is 1. The fourth-order valence-electron chi connectivity index (χ4n) is 7.10. The number of carbonyl (C=O) groups excluding carboxylic acids is 5. The van der Waals surface area contributed by atoms with Crippen molar-refractivity contribution in [3.63, 3.8) is 0 Å². The number of unbranched alkanes of at least 4 members (excludes halogenated alkanes) is 1. The van der Waals surface area contributed by atoms with Crippen molar-refractivity contribution in [2.45, 2.75) is 94.9 Å². The predicted molar refractivity (Wildman–Crippen MR) is 267 cm³/mol. The molecule has 19 nitrogen and oxygen atoms in total. The van der Waals surface area contributed by atoms with E-state index in [4.69, 9.17) is 30.4 Å². The summed E-state index contributed by atoms with van der Waals surface area (Å²) >= 11 is 1.33. The molecule has 378 valence electrons. The number of nitrogens with zero attached hydrogens (tertiary/aromatic N) is 1. The summed E-state index contributed by atoms with van der Waals surface area (Å²) in [4.78, 5) is 70.5. The average Bonchev–Trinajstić information content (AvgIpc) is 3.32. The van der Waals surface area contributed by atoms with Crippen LogP contribution < -0.4 is 46.9 Å². The maximum Gasteiger partial charge on any atom is 0.408 e. The Morgan fingerprint density at radius 1 is 0.657 bits per heavy atom. The zero-order valence-corrected chi connectivity index (χ0v) is 41.7. The number of guanidine groups is 1. The monoisotopic (exact) mass is 1000 g/mol. The second-order valence-electron chi connectivity index (χ2n) is 16.2. The van der Waals surface area contributed by atoms with Crippen LogP contribution in [0.2, 0.25) is 0 Å². The number of thioether (sulfide) groups is 1. The van der Waals surface area contributed by atoms with Crippen LogP contribution in [0.5, 0.6) is 11.5 Å². The van der Waals surface area contributed by atoms with Crippen molar-refractivity contribution < 1.29 is 51.3 Å². The van der Waals surface area contributed by atoms with Gasteiger partial charge in [-0.05, 0) is 105 Å². The van der Waals surface area contributed by atoms with Crippen LogP contribution >= 0.6 is 11.8 Å². The Morgan fingerprint density at radius 2 is 1.20 bits per heavy atom. The fourth-order valence-corrected chi connectivity index (χ4v) is 9.52. The largest absolute Gasteiger partial charge is 0.497 e. The Kier molecular flexibility index (Phi) is 22.6. The van der Waals surface area contributed by atoms with Gasteiger partial charge in [-0.2, -0.15) is 11.8 Å². The summed E-state index contributed by atoms with van der Waals surface area (Å²) in [5, 5.41) is 10.7. The second kappa shape index (κ2) is 28.5. The molecule has 0 saturated heterocycles. The van der Waals surface area contributed by atoms with Crippen LogP contribution in [0.25, 0.3) is 0 Å². The molecule has 4 aromatic rings. The highest BCUT2D eigenvalue weighted by atomic mass is 32.2. The molecule has 0 aliphatic carbocycles. The van der Waals surface area contributed by atoms with E-state index < -0.39 is 58.1 Å². The maximum atomic E-state index is 14.1. The van der Waals surface area contributed by atoms with Crippen LogP contribution in [0.4, 0.5) is 9.59 Å². The Morgan fingerprint density at radius 3 is 1.80 bits per heavy atom. The Bertz CT molecular complexity index is 2470. The number of hydrogen-bond acceptors (Lipinski definition) is 13. The third-order valence-electron chi connectivity index (χ3n) is 10.6. The zero-order valence-electron chi connectivity index (χ0n) is 40.1. The van der Waals surface area contributed by atoms with E-state index in [-0.39, 0.29) is 62.2 Å². The maximum absolute atomic E-state index is 14.1. The van der Waals surface area contributed by atoms with E-state index in [0.29, 0.717) is 46.8 Å². The molecule has 3 atom stereocenters. The number of carbonyl (C=O) groups is 5. The molecule has 0 bridgehead atoms. The van der Waals surface area contributed by atoms with Gasteiger partial charge >= 0.3 is 12.2 Å². The minimum absolute atomic E-state index is 0.00150. The quantitative estimate of drug-likeness (QED) is 0.0241.